The Morgan fingerprint density at radius 3 is 2.63 bits per heavy atom. The molecular weight excluding hydrogens is 376 g/mol. The van der Waals surface area contributed by atoms with E-state index < -0.39 is 5.54 Å². The average Bonchev–Trinajstić information content (AvgIpc) is 3.19. The van der Waals surface area contributed by atoms with Crippen LogP contribution in [-0.2, 0) is 5.54 Å². The Morgan fingerprint density at radius 2 is 1.87 bits per heavy atom. The summed E-state index contributed by atoms with van der Waals surface area (Å²) in [5.74, 6) is 0.816. The molecule has 1 aromatic heterocycles. The third kappa shape index (κ3) is 3.03. The summed E-state index contributed by atoms with van der Waals surface area (Å²) in [6.45, 7) is 0.868. The minimum absolute atomic E-state index is 0.0723. The zero-order chi connectivity index (χ0) is 20.6. The van der Waals surface area contributed by atoms with E-state index >= 15 is 0 Å². The third-order valence-corrected chi connectivity index (χ3v) is 5.93. The average molecular weight is 400 g/mol. The molecule has 2 aromatic carbocycles. The van der Waals surface area contributed by atoms with Gasteiger partial charge in [0.05, 0.1) is 19.6 Å². The number of ether oxygens (including phenoxy) is 1. The zero-order valence-corrected chi connectivity index (χ0v) is 16.8. The highest BCUT2D eigenvalue weighted by Crippen LogP contribution is 2.43. The van der Waals surface area contributed by atoms with Gasteiger partial charge in [0.15, 0.2) is 0 Å². The molecule has 7 heteroatoms. The fourth-order valence-electron chi connectivity index (χ4n) is 4.38. The molecule has 3 heterocycles. The summed E-state index contributed by atoms with van der Waals surface area (Å²) in [6, 6.07) is 16.6. The lowest BCUT2D eigenvalue weighted by Gasteiger charge is -2.43. The van der Waals surface area contributed by atoms with Crippen LogP contribution in [0.5, 0.6) is 5.75 Å². The fraction of sp³-hybridized carbons (Fsp3) is 0.261. The van der Waals surface area contributed by atoms with Gasteiger partial charge in [0, 0.05) is 24.5 Å². The molecule has 7 nitrogen and oxygen atoms in total. The molecule has 0 aliphatic carbocycles. The van der Waals surface area contributed by atoms with Gasteiger partial charge >= 0.3 is 0 Å². The molecule has 3 N–H and O–H groups in total. The van der Waals surface area contributed by atoms with Crippen molar-refractivity contribution in [3.05, 3.63) is 78.4 Å². The quantitative estimate of drug-likeness (QED) is 0.699. The van der Waals surface area contributed by atoms with Crippen LogP contribution in [-0.4, -0.2) is 47.2 Å². The minimum Gasteiger partial charge on any atom is -0.497 e. The Morgan fingerprint density at radius 1 is 1.07 bits per heavy atom. The molecule has 3 unspecified atom stereocenters. The first-order valence-corrected chi connectivity index (χ1v) is 10.0. The predicted octanol–water partition coefficient (Wildman–Crippen LogP) is 2.34. The summed E-state index contributed by atoms with van der Waals surface area (Å²) in [6.07, 6.45) is 7.87. The van der Waals surface area contributed by atoms with Gasteiger partial charge in [-0.25, -0.2) is 9.97 Å². The number of benzene rings is 2. The lowest BCUT2D eigenvalue weighted by atomic mass is 9.79. The van der Waals surface area contributed by atoms with Gasteiger partial charge in [0.1, 0.15) is 23.8 Å². The number of nitrogens with zero attached hydrogens (tertiary/aromatic N) is 4. The van der Waals surface area contributed by atoms with E-state index in [-0.39, 0.29) is 12.3 Å². The van der Waals surface area contributed by atoms with E-state index in [2.05, 4.69) is 56.6 Å². The van der Waals surface area contributed by atoms with Crippen molar-refractivity contribution in [2.75, 3.05) is 13.7 Å². The fourth-order valence-corrected chi connectivity index (χ4v) is 4.38. The summed E-state index contributed by atoms with van der Waals surface area (Å²) < 4.78 is 5.37. The van der Waals surface area contributed by atoms with Crippen molar-refractivity contribution in [1.29, 1.82) is 0 Å². The van der Waals surface area contributed by atoms with Gasteiger partial charge in [-0.05, 0) is 41.3 Å². The van der Waals surface area contributed by atoms with Crippen molar-refractivity contribution in [3.63, 3.8) is 0 Å². The number of rotatable bonds is 4. The van der Waals surface area contributed by atoms with Gasteiger partial charge in [-0.1, -0.05) is 30.3 Å². The van der Waals surface area contributed by atoms with E-state index in [1.54, 1.807) is 13.4 Å². The molecule has 152 valence electrons. The Kier molecular flexibility index (Phi) is 4.69. The number of nitrogens with two attached hydrogens (primary N) is 1. The highest BCUT2D eigenvalue weighted by Gasteiger charge is 2.50. The second-order valence-corrected chi connectivity index (χ2v) is 7.65. The van der Waals surface area contributed by atoms with E-state index in [9.17, 15) is 0 Å². The van der Waals surface area contributed by atoms with Crippen LogP contribution in [0.25, 0.3) is 11.1 Å². The van der Waals surface area contributed by atoms with E-state index in [1.807, 2.05) is 30.9 Å². The Balaban J connectivity index is 1.67. The first-order valence-electron chi connectivity index (χ1n) is 10.0. The molecule has 0 amide bonds. The maximum absolute atomic E-state index is 6.30. The monoisotopic (exact) mass is 400 g/mol. The Hall–Kier alpha value is -3.29. The zero-order valence-electron chi connectivity index (χ0n) is 16.8. The molecule has 3 atom stereocenters. The van der Waals surface area contributed by atoms with Crippen molar-refractivity contribution >= 4 is 6.34 Å². The van der Waals surface area contributed by atoms with E-state index in [0.29, 0.717) is 0 Å². The summed E-state index contributed by atoms with van der Waals surface area (Å²) >= 11 is 0. The molecule has 5 rings (SSSR count). The van der Waals surface area contributed by atoms with Crippen LogP contribution in [0, 0.1) is 0 Å². The minimum atomic E-state index is -0.629. The van der Waals surface area contributed by atoms with Gasteiger partial charge in [0.2, 0.25) is 0 Å². The van der Waals surface area contributed by atoms with Crippen molar-refractivity contribution in [1.82, 2.24) is 20.2 Å². The molecule has 1 saturated heterocycles. The number of methoxy groups -OCH3 is 1. The highest BCUT2D eigenvalue weighted by molar-refractivity contribution is 5.68. The summed E-state index contributed by atoms with van der Waals surface area (Å²) in [5, 5.41) is 3.58. The molecule has 2 aliphatic rings. The molecule has 30 heavy (non-hydrogen) atoms. The van der Waals surface area contributed by atoms with Gasteiger partial charge in [-0.2, -0.15) is 0 Å². The summed E-state index contributed by atoms with van der Waals surface area (Å²) in [4.78, 5) is 15.7. The summed E-state index contributed by atoms with van der Waals surface area (Å²) in [5.41, 5.74) is 9.86. The van der Waals surface area contributed by atoms with Crippen molar-refractivity contribution in [3.8, 4) is 16.9 Å². The van der Waals surface area contributed by atoms with Crippen LogP contribution < -0.4 is 15.8 Å². The standard InChI is InChI=1S/C23H24N6O/c1-30-20-7-5-18(6-8-20)23(22-28-21(24)9-10-29(22)15-27-23)19-4-2-3-16(11-19)17-12-25-14-26-13-17/h2-8,11-15,21-22,28H,9-10,24H2,1H3. The largest absolute Gasteiger partial charge is 0.497 e. The Labute approximate surface area is 175 Å². The predicted molar refractivity (Wildman–Crippen MR) is 116 cm³/mol. The van der Waals surface area contributed by atoms with Crippen LogP contribution in [0.15, 0.2) is 72.2 Å². The number of fused-ring (bicyclic) bond motifs is 1. The van der Waals surface area contributed by atoms with Crippen molar-refractivity contribution < 1.29 is 4.74 Å². The van der Waals surface area contributed by atoms with E-state index in [0.717, 1.165) is 41.0 Å². The normalized spacial score (nSPS) is 25.2. The number of aliphatic imine (C=N–C) groups is 1. The third-order valence-electron chi connectivity index (χ3n) is 5.93. The highest BCUT2D eigenvalue weighted by atomic mass is 16.5. The van der Waals surface area contributed by atoms with Crippen LogP contribution in [0.3, 0.4) is 0 Å². The topological polar surface area (TPSA) is 88.7 Å². The van der Waals surface area contributed by atoms with E-state index in [1.165, 1.54) is 0 Å². The lowest BCUT2D eigenvalue weighted by molar-refractivity contribution is 0.148. The van der Waals surface area contributed by atoms with Crippen molar-refractivity contribution in [2.45, 2.75) is 24.3 Å². The second-order valence-electron chi connectivity index (χ2n) is 7.65. The number of hydrogen-bond acceptors (Lipinski definition) is 7. The maximum Gasteiger partial charge on any atom is 0.146 e. The number of aromatic nitrogens is 2. The lowest BCUT2D eigenvalue weighted by Crippen LogP contribution is -2.63. The summed E-state index contributed by atoms with van der Waals surface area (Å²) in [7, 11) is 1.67. The second kappa shape index (κ2) is 7.51. The van der Waals surface area contributed by atoms with Gasteiger partial charge < -0.3 is 15.4 Å². The maximum atomic E-state index is 6.30. The van der Waals surface area contributed by atoms with Crippen LogP contribution in [0.2, 0.25) is 0 Å². The van der Waals surface area contributed by atoms with Gasteiger partial charge in [-0.3, -0.25) is 10.3 Å². The Bertz CT molecular complexity index is 1050. The molecule has 1 fully saturated rings. The molecule has 0 saturated carbocycles. The molecule has 3 aromatic rings. The molecule has 0 spiro atoms. The molecule has 0 bridgehead atoms. The molecule has 0 radical (unpaired) electrons. The van der Waals surface area contributed by atoms with E-state index in [4.69, 9.17) is 15.5 Å². The first-order chi connectivity index (χ1) is 14.7. The SMILES string of the molecule is COc1ccc(C2(c3cccc(-c4cncnc4)c3)N=CN3CCC(N)NC32)cc1. The molecular formula is C23H24N6O. The molecule has 2 aliphatic heterocycles. The van der Waals surface area contributed by atoms with Crippen molar-refractivity contribution in [2.24, 2.45) is 10.7 Å². The van der Waals surface area contributed by atoms with Gasteiger partial charge in [0.25, 0.3) is 0 Å². The number of nitrogens with one attached hydrogen (secondary N) is 1. The van der Waals surface area contributed by atoms with Crippen LogP contribution in [0.4, 0.5) is 0 Å². The number of hydrogen-bond donors (Lipinski definition) is 2. The van der Waals surface area contributed by atoms with Crippen LogP contribution in [0.1, 0.15) is 17.5 Å². The van der Waals surface area contributed by atoms with Gasteiger partial charge in [-0.15, -0.1) is 0 Å². The van der Waals surface area contributed by atoms with Crippen LogP contribution >= 0.6 is 0 Å². The smallest absolute Gasteiger partial charge is 0.146 e. The first kappa shape index (κ1) is 18.7.